The van der Waals surface area contributed by atoms with Gasteiger partial charge in [-0.1, -0.05) is 26.0 Å². The van der Waals surface area contributed by atoms with Crippen molar-refractivity contribution in [2.45, 2.75) is 45.7 Å². The summed E-state index contributed by atoms with van der Waals surface area (Å²) in [7, 11) is 0. The van der Waals surface area contributed by atoms with Crippen LogP contribution in [-0.4, -0.2) is 25.1 Å². The minimum atomic E-state index is -0.0549. The normalized spacial score (nSPS) is 18.6. The molecule has 0 aliphatic carbocycles. The molecular formula is C17H26N2O2. The van der Waals surface area contributed by atoms with E-state index in [1.54, 1.807) is 0 Å². The van der Waals surface area contributed by atoms with Crippen molar-refractivity contribution in [3.05, 3.63) is 29.8 Å². The van der Waals surface area contributed by atoms with E-state index in [4.69, 9.17) is 4.74 Å². The molecule has 0 radical (unpaired) electrons. The average molecular weight is 290 g/mol. The smallest absolute Gasteiger partial charge is 0.237 e. The fraction of sp³-hybridized carbons (Fsp3) is 0.588. The molecule has 21 heavy (non-hydrogen) atoms. The predicted molar refractivity (Wildman–Crippen MR) is 84.3 cm³/mol. The average Bonchev–Trinajstić information content (AvgIpc) is 2.47. The summed E-state index contributed by atoms with van der Waals surface area (Å²) in [5.41, 5.74) is 1.17. The highest BCUT2D eigenvalue weighted by molar-refractivity contribution is 5.82. The van der Waals surface area contributed by atoms with Crippen LogP contribution < -0.4 is 15.4 Å². The Morgan fingerprint density at radius 2 is 2.10 bits per heavy atom. The number of carbonyl (C=O) groups excluding carboxylic acids is 1. The Kier molecular flexibility index (Phi) is 6.05. The summed E-state index contributed by atoms with van der Waals surface area (Å²) >= 11 is 0. The third kappa shape index (κ3) is 5.38. The summed E-state index contributed by atoms with van der Waals surface area (Å²) in [4.78, 5) is 11.6. The lowest BCUT2D eigenvalue weighted by Gasteiger charge is -2.22. The van der Waals surface area contributed by atoms with Gasteiger partial charge in [0.15, 0.2) is 0 Å². The molecule has 1 aliphatic rings. The van der Waals surface area contributed by atoms with E-state index in [2.05, 4.69) is 36.6 Å². The fourth-order valence-corrected chi connectivity index (χ4v) is 2.32. The van der Waals surface area contributed by atoms with E-state index in [-0.39, 0.29) is 11.9 Å². The molecule has 0 aromatic heterocycles. The van der Waals surface area contributed by atoms with Gasteiger partial charge < -0.3 is 15.4 Å². The van der Waals surface area contributed by atoms with Crippen molar-refractivity contribution < 1.29 is 9.53 Å². The highest BCUT2D eigenvalue weighted by Crippen LogP contribution is 2.14. The van der Waals surface area contributed by atoms with Crippen LogP contribution in [-0.2, 0) is 11.3 Å². The number of benzene rings is 1. The molecule has 116 valence electrons. The summed E-state index contributed by atoms with van der Waals surface area (Å²) in [5, 5.41) is 6.20. The first kappa shape index (κ1) is 15.8. The summed E-state index contributed by atoms with van der Waals surface area (Å²) in [5.74, 6) is 1.69. The standard InChI is InChI=1S/C17H26N2O2/c1-13(2)9-11-21-15-7-5-14(6-8-15)12-19-16-4-3-10-18-17(16)20/h5-8,13,16,19H,3-4,9-12H2,1-2H3,(H,18,20). The molecule has 1 fully saturated rings. The van der Waals surface area contributed by atoms with E-state index in [0.29, 0.717) is 12.5 Å². The van der Waals surface area contributed by atoms with Crippen LogP contribution >= 0.6 is 0 Å². The van der Waals surface area contributed by atoms with Gasteiger partial charge in [0, 0.05) is 13.1 Å². The largest absolute Gasteiger partial charge is 0.494 e. The van der Waals surface area contributed by atoms with Crippen molar-refractivity contribution in [3.8, 4) is 5.75 Å². The van der Waals surface area contributed by atoms with Gasteiger partial charge in [-0.25, -0.2) is 0 Å². The molecule has 1 aliphatic heterocycles. The molecule has 0 bridgehead atoms. The number of hydrogen-bond acceptors (Lipinski definition) is 3. The zero-order chi connectivity index (χ0) is 15.1. The van der Waals surface area contributed by atoms with Crippen molar-refractivity contribution >= 4 is 5.91 Å². The molecule has 1 atom stereocenters. The van der Waals surface area contributed by atoms with Crippen LogP contribution in [0.1, 0.15) is 38.7 Å². The number of hydrogen-bond donors (Lipinski definition) is 2. The maximum atomic E-state index is 11.6. The van der Waals surface area contributed by atoms with Crippen molar-refractivity contribution in [3.63, 3.8) is 0 Å². The second kappa shape index (κ2) is 8.03. The summed E-state index contributed by atoms with van der Waals surface area (Å²) in [6, 6.07) is 8.05. The van der Waals surface area contributed by atoms with Gasteiger partial charge in [-0.3, -0.25) is 4.79 Å². The van der Waals surface area contributed by atoms with E-state index >= 15 is 0 Å². The van der Waals surface area contributed by atoms with Crippen LogP contribution in [0.15, 0.2) is 24.3 Å². The number of piperidine rings is 1. The van der Waals surface area contributed by atoms with E-state index in [9.17, 15) is 4.79 Å². The van der Waals surface area contributed by atoms with Gasteiger partial charge in [-0.15, -0.1) is 0 Å². The summed E-state index contributed by atoms with van der Waals surface area (Å²) < 4.78 is 5.70. The first-order chi connectivity index (χ1) is 10.1. The molecule has 1 amide bonds. The van der Waals surface area contributed by atoms with Gasteiger partial charge in [-0.2, -0.15) is 0 Å². The minimum Gasteiger partial charge on any atom is -0.494 e. The van der Waals surface area contributed by atoms with Gasteiger partial charge in [0.25, 0.3) is 0 Å². The lowest BCUT2D eigenvalue weighted by atomic mass is 10.1. The third-order valence-corrected chi connectivity index (χ3v) is 3.73. The highest BCUT2D eigenvalue weighted by atomic mass is 16.5. The number of amides is 1. The Labute approximate surface area is 127 Å². The van der Waals surface area contributed by atoms with Gasteiger partial charge in [0.1, 0.15) is 5.75 Å². The predicted octanol–water partition coefficient (Wildman–Crippen LogP) is 2.48. The Morgan fingerprint density at radius 1 is 1.33 bits per heavy atom. The van der Waals surface area contributed by atoms with Crippen LogP contribution in [0.25, 0.3) is 0 Å². The first-order valence-electron chi connectivity index (χ1n) is 7.88. The van der Waals surface area contributed by atoms with Crippen molar-refractivity contribution in [2.75, 3.05) is 13.2 Å². The minimum absolute atomic E-state index is 0.0549. The topological polar surface area (TPSA) is 50.4 Å². The lowest BCUT2D eigenvalue weighted by Crippen LogP contribution is -2.47. The number of rotatable bonds is 7. The molecule has 4 heteroatoms. The van der Waals surface area contributed by atoms with E-state index in [0.717, 1.165) is 38.2 Å². The van der Waals surface area contributed by atoms with Crippen LogP contribution in [0.2, 0.25) is 0 Å². The SMILES string of the molecule is CC(C)CCOc1ccc(CNC2CCCNC2=O)cc1. The Morgan fingerprint density at radius 3 is 2.76 bits per heavy atom. The van der Waals surface area contributed by atoms with E-state index in [1.165, 1.54) is 5.56 Å². The molecule has 2 N–H and O–H groups in total. The Hall–Kier alpha value is -1.55. The molecule has 0 spiro atoms. The molecule has 1 unspecified atom stereocenters. The number of ether oxygens (including phenoxy) is 1. The molecule has 1 heterocycles. The highest BCUT2D eigenvalue weighted by Gasteiger charge is 2.20. The number of nitrogens with one attached hydrogen (secondary N) is 2. The zero-order valence-corrected chi connectivity index (χ0v) is 13.0. The zero-order valence-electron chi connectivity index (χ0n) is 13.0. The maximum absolute atomic E-state index is 11.6. The third-order valence-electron chi connectivity index (χ3n) is 3.73. The second-order valence-electron chi connectivity index (χ2n) is 6.04. The molecule has 4 nitrogen and oxygen atoms in total. The van der Waals surface area contributed by atoms with E-state index < -0.39 is 0 Å². The van der Waals surface area contributed by atoms with Crippen LogP contribution in [0.4, 0.5) is 0 Å². The monoisotopic (exact) mass is 290 g/mol. The van der Waals surface area contributed by atoms with Crippen LogP contribution in [0.5, 0.6) is 5.75 Å². The first-order valence-corrected chi connectivity index (χ1v) is 7.88. The molecule has 1 aromatic carbocycles. The lowest BCUT2D eigenvalue weighted by molar-refractivity contribution is -0.124. The fourth-order valence-electron chi connectivity index (χ4n) is 2.32. The molecule has 2 rings (SSSR count). The Balaban J connectivity index is 1.75. The molecule has 1 aromatic rings. The summed E-state index contributed by atoms with van der Waals surface area (Å²) in [6.07, 6.45) is 3.04. The van der Waals surface area contributed by atoms with Crippen LogP contribution in [0.3, 0.4) is 0 Å². The second-order valence-corrected chi connectivity index (χ2v) is 6.04. The molecule has 1 saturated heterocycles. The van der Waals surface area contributed by atoms with E-state index in [1.807, 2.05) is 12.1 Å². The van der Waals surface area contributed by atoms with Crippen molar-refractivity contribution in [1.29, 1.82) is 0 Å². The maximum Gasteiger partial charge on any atom is 0.237 e. The van der Waals surface area contributed by atoms with Gasteiger partial charge in [0.2, 0.25) is 5.91 Å². The Bertz CT molecular complexity index is 443. The van der Waals surface area contributed by atoms with Gasteiger partial charge in [-0.05, 0) is 42.9 Å². The van der Waals surface area contributed by atoms with Crippen molar-refractivity contribution in [1.82, 2.24) is 10.6 Å². The van der Waals surface area contributed by atoms with Crippen molar-refractivity contribution in [2.24, 2.45) is 5.92 Å². The molecular weight excluding hydrogens is 264 g/mol. The molecule has 0 saturated carbocycles. The quantitative estimate of drug-likeness (QED) is 0.811. The van der Waals surface area contributed by atoms with Gasteiger partial charge >= 0.3 is 0 Å². The van der Waals surface area contributed by atoms with Crippen LogP contribution in [0, 0.1) is 5.92 Å². The van der Waals surface area contributed by atoms with Gasteiger partial charge in [0.05, 0.1) is 12.6 Å². The summed E-state index contributed by atoms with van der Waals surface area (Å²) in [6.45, 7) is 6.67. The number of carbonyl (C=O) groups is 1.